The summed E-state index contributed by atoms with van der Waals surface area (Å²) in [6.07, 6.45) is -9.38. The molecule has 0 aliphatic rings. The van der Waals surface area contributed by atoms with Crippen LogP contribution >= 0.6 is 0 Å². The second-order valence-corrected chi connectivity index (χ2v) is 11.7. The number of carboxylic acids is 2. The molecule has 4 rings (SSSR count). The van der Waals surface area contributed by atoms with Gasteiger partial charge in [-0.05, 0) is 37.1 Å². The molecular weight excluding hydrogens is 774 g/mol. The van der Waals surface area contributed by atoms with Gasteiger partial charge in [0.2, 0.25) is 5.91 Å². The van der Waals surface area contributed by atoms with Gasteiger partial charge in [0.05, 0.1) is 11.9 Å². The minimum atomic E-state index is -5.08. The Balaban J connectivity index is 0.000000682. The number of nitrogens with zero attached hydrogens (tertiary/aromatic N) is 2. The highest BCUT2D eigenvalue weighted by atomic mass is 19.4. The number of carbonyl (C=O) groups is 4. The van der Waals surface area contributed by atoms with Gasteiger partial charge in [0.1, 0.15) is 18.1 Å². The lowest BCUT2D eigenvalue weighted by Crippen LogP contribution is -2.35. The Hall–Kier alpha value is -7.13. The molecule has 0 saturated carbocycles. The number of amides is 2. The van der Waals surface area contributed by atoms with Crippen molar-refractivity contribution >= 4 is 41.3 Å². The fraction of sp³-hybridized carbons (Fsp3) is 0.229. The minimum absolute atomic E-state index is 0.0473. The molecule has 3 aromatic carbocycles. The van der Waals surface area contributed by atoms with Crippen LogP contribution in [0.15, 0.2) is 83.8 Å². The van der Waals surface area contributed by atoms with Crippen LogP contribution in [0, 0.1) is 5.41 Å². The predicted octanol–water partition coefficient (Wildman–Crippen LogP) is 4.47. The summed E-state index contributed by atoms with van der Waals surface area (Å²) in [5.41, 5.74) is 14.4. The number of anilines is 2. The lowest BCUT2D eigenvalue weighted by Gasteiger charge is -2.17. The zero-order valence-corrected chi connectivity index (χ0v) is 29.9. The standard InChI is InChI=1S/C31H34N8O4.2C2HF3O2/c1-19(2)38-29-30(41)39(18-27(40)35-15-21-8-10-22(11-9-21)28(33)34)26(17-36-29)23-12-24(32)14-25(13-23)43-31(42)37-16-20-6-4-3-5-7-20;2*3-2(4,5)1(6)7/h3-14,17,19H,15-16,18,32H2,1-2H3,(H3,33,34)(H,35,40)(H,36,38)(H,37,42);2*(H,6,7). The average molecular weight is 811 g/mol. The van der Waals surface area contributed by atoms with Crippen LogP contribution in [0.5, 0.6) is 5.75 Å². The Kier molecular flexibility index (Phi) is 16.6. The number of amidine groups is 1. The highest BCUT2D eigenvalue weighted by Gasteiger charge is 2.38. The van der Waals surface area contributed by atoms with Gasteiger partial charge < -0.3 is 42.4 Å². The quantitative estimate of drug-likeness (QED) is 0.0452. The van der Waals surface area contributed by atoms with Gasteiger partial charge in [-0.15, -0.1) is 0 Å². The van der Waals surface area contributed by atoms with Gasteiger partial charge in [0, 0.05) is 42.0 Å². The maximum Gasteiger partial charge on any atom is 0.490 e. The van der Waals surface area contributed by atoms with Crippen LogP contribution in [-0.4, -0.2) is 67.9 Å². The summed E-state index contributed by atoms with van der Waals surface area (Å²) in [4.78, 5) is 61.1. The first kappa shape index (κ1) is 46.0. The van der Waals surface area contributed by atoms with E-state index < -0.39 is 41.9 Å². The Morgan fingerprint density at radius 1 is 0.860 bits per heavy atom. The van der Waals surface area contributed by atoms with Crippen LogP contribution in [0.3, 0.4) is 0 Å². The molecule has 0 unspecified atom stereocenters. The molecular formula is C35H36F6N8O8. The van der Waals surface area contributed by atoms with Gasteiger partial charge in [0.15, 0.2) is 5.82 Å². The summed E-state index contributed by atoms with van der Waals surface area (Å²) >= 11 is 0. The molecule has 0 atom stereocenters. The van der Waals surface area contributed by atoms with Crippen molar-refractivity contribution in [1.82, 2.24) is 20.2 Å². The highest BCUT2D eigenvalue weighted by molar-refractivity contribution is 5.94. The van der Waals surface area contributed by atoms with E-state index in [0.717, 1.165) is 11.1 Å². The molecule has 0 aliphatic carbocycles. The van der Waals surface area contributed by atoms with E-state index >= 15 is 0 Å². The number of carbonyl (C=O) groups excluding carboxylic acids is 2. The van der Waals surface area contributed by atoms with E-state index in [4.69, 9.17) is 41.4 Å². The molecule has 22 heteroatoms. The lowest BCUT2D eigenvalue weighted by atomic mass is 10.1. The third-order valence-electron chi connectivity index (χ3n) is 6.74. The number of hydrogen-bond acceptors (Lipinski definition) is 10. The average Bonchev–Trinajstić information content (AvgIpc) is 3.11. The van der Waals surface area contributed by atoms with Crippen molar-refractivity contribution in [2.24, 2.45) is 5.73 Å². The Morgan fingerprint density at radius 3 is 1.89 bits per heavy atom. The molecule has 0 bridgehead atoms. The summed E-state index contributed by atoms with van der Waals surface area (Å²) in [7, 11) is 0. The zero-order chi connectivity index (χ0) is 43.1. The molecule has 0 radical (unpaired) electrons. The maximum absolute atomic E-state index is 13.5. The van der Waals surface area contributed by atoms with Crippen molar-refractivity contribution in [1.29, 1.82) is 5.41 Å². The molecule has 0 fully saturated rings. The number of aliphatic carboxylic acids is 2. The third kappa shape index (κ3) is 16.0. The smallest absolute Gasteiger partial charge is 0.475 e. The summed E-state index contributed by atoms with van der Waals surface area (Å²) in [6.45, 7) is 3.91. The van der Waals surface area contributed by atoms with Gasteiger partial charge in [-0.3, -0.25) is 19.6 Å². The molecule has 0 aliphatic heterocycles. The van der Waals surface area contributed by atoms with E-state index in [1.165, 1.54) is 16.8 Å². The fourth-order valence-electron chi connectivity index (χ4n) is 4.19. The largest absolute Gasteiger partial charge is 0.490 e. The Labute approximate surface area is 319 Å². The van der Waals surface area contributed by atoms with E-state index in [2.05, 4.69) is 20.9 Å². The molecule has 57 heavy (non-hydrogen) atoms. The molecule has 0 spiro atoms. The van der Waals surface area contributed by atoms with Crippen molar-refractivity contribution in [3.63, 3.8) is 0 Å². The number of hydrogen-bond donors (Lipinski definition) is 8. The topological polar surface area (TPSA) is 265 Å². The first-order chi connectivity index (χ1) is 26.5. The van der Waals surface area contributed by atoms with Gasteiger partial charge >= 0.3 is 30.4 Å². The van der Waals surface area contributed by atoms with Crippen LogP contribution in [0.1, 0.15) is 30.5 Å². The number of nitrogens with one attached hydrogen (secondary N) is 4. The molecule has 0 saturated heterocycles. The maximum atomic E-state index is 13.5. The number of nitrogen functional groups attached to an aromatic ring is 2. The number of rotatable bonds is 11. The SMILES string of the molecule is CC(C)Nc1ncc(-c2cc(N)cc(OC(=O)NCc3ccccc3)c2)n(CC(=O)NCc2ccc(C(=N)N)cc2)c1=O.O=C(O)C(F)(F)F.O=C(O)C(F)(F)F. The first-order valence-electron chi connectivity index (χ1n) is 16.0. The predicted molar refractivity (Wildman–Crippen MR) is 193 cm³/mol. The van der Waals surface area contributed by atoms with Crippen LogP contribution in [0.2, 0.25) is 0 Å². The monoisotopic (exact) mass is 810 g/mol. The molecule has 2 amide bonds. The molecule has 1 aromatic heterocycles. The first-order valence-corrected chi connectivity index (χ1v) is 16.0. The third-order valence-corrected chi connectivity index (χ3v) is 6.74. The fourth-order valence-corrected chi connectivity index (χ4v) is 4.19. The second kappa shape index (κ2) is 20.5. The number of carboxylic acid groups (broad SMARTS) is 2. The summed E-state index contributed by atoms with van der Waals surface area (Å²) in [5, 5.41) is 30.3. The van der Waals surface area contributed by atoms with Crippen LogP contribution < -0.4 is 37.7 Å². The molecule has 16 nitrogen and oxygen atoms in total. The number of nitrogens with two attached hydrogens (primary N) is 2. The number of aromatic nitrogens is 2. The zero-order valence-electron chi connectivity index (χ0n) is 29.9. The van der Waals surface area contributed by atoms with Gasteiger partial charge in [-0.25, -0.2) is 19.4 Å². The van der Waals surface area contributed by atoms with Crippen molar-refractivity contribution in [3.8, 4) is 17.0 Å². The minimum Gasteiger partial charge on any atom is -0.475 e. The number of halogens is 6. The normalized spacial score (nSPS) is 10.8. The summed E-state index contributed by atoms with van der Waals surface area (Å²) in [5.74, 6) is -5.73. The van der Waals surface area contributed by atoms with Crippen LogP contribution in [-0.2, 0) is 34.0 Å². The Bertz CT molecular complexity index is 2070. The van der Waals surface area contributed by atoms with Gasteiger partial charge in [-0.2, -0.15) is 26.3 Å². The highest BCUT2D eigenvalue weighted by Crippen LogP contribution is 2.27. The Morgan fingerprint density at radius 2 is 1.39 bits per heavy atom. The van der Waals surface area contributed by atoms with Crippen molar-refractivity contribution < 1.29 is 60.5 Å². The molecule has 10 N–H and O–H groups in total. The van der Waals surface area contributed by atoms with E-state index in [-0.39, 0.29) is 48.8 Å². The molecule has 1 heterocycles. The molecule has 306 valence electrons. The van der Waals surface area contributed by atoms with Gasteiger partial charge in [-0.1, -0.05) is 54.6 Å². The van der Waals surface area contributed by atoms with Crippen molar-refractivity contribution in [2.45, 2.75) is 51.9 Å². The second-order valence-electron chi connectivity index (χ2n) is 11.7. The number of benzene rings is 3. The van der Waals surface area contributed by atoms with E-state index in [0.29, 0.717) is 16.8 Å². The van der Waals surface area contributed by atoms with Crippen molar-refractivity contribution in [3.05, 3.63) is 106 Å². The summed E-state index contributed by atoms with van der Waals surface area (Å²) < 4.78 is 70.2. The number of ether oxygens (including phenoxy) is 1. The van der Waals surface area contributed by atoms with Crippen molar-refractivity contribution in [2.75, 3.05) is 11.1 Å². The van der Waals surface area contributed by atoms with Crippen LogP contribution in [0.25, 0.3) is 11.3 Å². The summed E-state index contributed by atoms with van der Waals surface area (Å²) in [6, 6.07) is 20.9. The molecule has 4 aromatic rings. The van der Waals surface area contributed by atoms with Crippen LogP contribution in [0.4, 0.5) is 42.6 Å². The van der Waals surface area contributed by atoms with E-state index in [9.17, 15) is 40.7 Å². The van der Waals surface area contributed by atoms with Gasteiger partial charge in [0.25, 0.3) is 5.56 Å². The van der Waals surface area contributed by atoms with E-state index in [1.54, 1.807) is 36.4 Å². The number of alkyl halides is 6. The lowest BCUT2D eigenvalue weighted by molar-refractivity contribution is -0.193. The van der Waals surface area contributed by atoms with E-state index in [1.807, 2.05) is 44.2 Å².